The van der Waals surface area contributed by atoms with Crippen molar-refractivity contribution in [2.45, 2.75) is 98.8 Å². The van der Waals surface area contributed by atoms with Crippen molar-refractivity contribution >= 4 is 3.21 Å². The molecule has 1 aliphatic carbocycles. The maximum atomic E-state index is 3.81. The average Bonchev–Trinajstić information content (AvgIpc) is 3.80. The smallest absolute Gasteiger partial charge is 0.00233 e. The maximum Gasteiger partial charge on any atom is -0.00233 e. The minimum Gasteiger partial charge on any atom is -1.00 e. The van der Waals surface area contributed by atoms with E-state index in [1.807, 2.05) is 30.3 Å². The molecule has 0 aromatic heterocycles. The van der Waals surface area contributed by atoms with Crippen LogP contribution in [0, 0.1) is 24.8 Å². The number of hydrogen-bond acceptors (Lipinski definition) is 0. The largest absolute Gasteiger partial charge is 1.00 e. The Hall–Kier alpha value is -2.44. The molecule has 6 rings (SSSR count). The Bertz CT molecular complexity index is 1610. The molecule has 0 radical (unpaired) electrons. The van der Waals surface area contributed by atoms with Crippen LogP contribution in [0.2, 0.25) is 0 Å². The van der Waals surface area contributed by atoms with Crippen LogP contribution >= 0.6 is 0 Å². The molecule has 0 fully saturated rings. The predicted octanol–water partition coefficient (Wildman–Crippen LogP) is 6.51. The second-order valence-corrected chi connectivity index (χ2v) is 15.5. The number of rotatable bonds is 13. The SMILES string of the molecule is CCCC[C](=[Zr+2])CCCC.Cc1cc2c(cc1Cc1ccccc1)-c1ccc(CC(C)C(C)Cc3ccccc3)[c-]c1C2.[Cl-].[Cl-].c1cc[cH-]c1. The van der Waals surface area contributed by atoms with Gasteiger partial charge in [0, 0.05) is 0 Å². The Morgan fingerprint density at radius 2 is 1.30 bits per heavy atom. The van der Waals surface area contributed by atoms with Crippen molar-refractivity contribution in [3.05, 3.63) is 160 Å². The second-order valence-electron chi connectivity index (χ2n) is 13.8. The third kappa shape index (κ3) is 14.3. The Kier molecular flexibility index (Phi) is 20.9. The molecule has 2 unspecified atom stereocenters. The van der Waals surface area contributed by atoms with E-state index in [1.165, 1.54) is 88.6 Å². The maximum absolute atomic E-state index is 3.81. The van der Waals surface area contributed by atoms with Crippen LogP contribution in [0.4, 0.5) is 0 Å². The Balaban J connectivity index is 0.000000427. The van der Waals surface area contributed by atoms with E-state index in [0.29, 0.717) is 11.8 Å². The number of fused-ring (bicyclic) bond motifs is 3. The van der Waals surface area contributed by atoms with Crippen molar-refractivity contribution in [1.29, 1.82) is 0 Å². The van der Waals surface area contributed by atoms with Gasteiger partial charge in [0.05, 0.1) is 0 Å². The number of hydrogen-bond donors (Lipinski definition) is 0. The first-order valence-corrected chi connectivity index (χ1v) is 19.6. The van der Waals surface area contributed by atoms with Crippen LogP contribution in [0.3, 0.4) is 0 Å². The summed E-state index contributed by atoms with van der Waals surface area (Å²) in [5.41, 5.74) is 12.6. The number of aryl methyl sites for hydroxylation is 1. The number of benzene rings is 4. The van der Waals surface area contributed by atoms with Gasteiger partial charge in [-0.05, 0) is 72.3 Å². The Labute approximate surface area is 332 Å². The molecule has 0 heterocycles. The van der Waals surface area contributed by atoms with Gasteiger partial charge in [0.2, 0.25) is 0 Å². The van der Waals surface area contributed by atoms with E-state index in [1.54, 1.807) is 27.4 Å². The second kappa shape index (κ2) is 23.9. The summed E-state index contributed by atoms with van der Waals surface area (Å²) < 4.78 is 1.79. The van der Waals surface area contributed by atoms with Crippen LogP contribution in [-0.2, 0) is 49.9 Å². The molecule has 0 N–H and O–H groups in total. The average molecular weight is 783 g/mol. The molecule has 3 heteroatoms. The third-order valence-electron chi connectivity index (χ3n) is 9.68. The van der Waals surface area contributed by atoms with Gasteiger partial charge in [-0.3, -0.25) is 0 Å². The molecule has 0 bridgehead atoms. The Morgan fingerprint density at radius 3 is 1.86 bits per heavy atom. The topological polar surface area (TPSA) is 0 Å². The monoisotopic (exact) mass is 780 g/mol. The van der Waals surface area contributed by atoms with Gasteiger partial charge < -0.3 is 24.8 Å². The fraction of sp³-hybridized carbons (Fsp3) is 0.362. The van der Waals surface area contributed by atoms with Gasteiger partial charge in [-0.2, -0.15) is 42.0 Å². The summed E-state index contributed by atoms with van der Waals surface area (Å²) in [5, 5.41) is 0. The zero-order chi connectivity index (χ0) is 34.1. The van der Waals surface area contributed by atoms with Crippen LogP contribution < -0.4 is 24.8 Å². The first-order valence-electron chi connectivity index (χ1n) is 18.4. The molecule has 0 saturated carbocycles. The van der Waals surface area contributed by atoms with Crippen LogP contribution in [0.5, 0.6) is 0 Å². The summed E-state index contributed by atoms with van der Waals surface area (Å²) in [6.07, 6.45) is 12.6. The van der Waals surface area contributed by atoms with Crippen LogP contribution in [0.25, 0.3) is 11.1 Å². The van der Waals surface area contributed by atoms with E-state index < -0.39 is 0 Å². The van der Waals surface area contributed by atoms with E-state index in [0.717, 1.165) is 25.7 Å². The quantitative estimate of drug-likeness (QED) is 0.117. The first-order chi connectivity index (χ1) is 23.4. The molecule has 5 aromatic rings. The minimum absolute atomic E-state index is 0. The van der Waals surface area contributed by atoms with E-state index in [-0.39, 0.29) is 24.8 Å². The fourth-order valence-corrected chi connectivity index (χ4v) is 7.33. The molecule has 0 aliphatic heterocycles. The zero-order valence-electron chi connectivity index (χ0n) is 31.0. The summed E-state index contributed by atoms with van der Waals surface area (Å²) in [7, 11) is 0. The summed E-state index contributed by atoms with van der Waals surface area (Å²) >= 11 is 1.67. The summed E-state index contributed by atoms with van der Waals surface area (Å²) in [6, 6.07) is 45.0. The van der Waals surface area contributed by atoms with Crippen molar-refractivity contribution in [1.82, 2.24) is 0 Å². The summed E-state index contributed by atoms with van der Waals surface area (Å²) in [6.45, 7) is 11.6. The van der Waals surface area contributed by atoms with Gasteiger partial charge in [0.25, 0.3) is 0 Å². The number of unbranched alkanes of at least 4 members (excludes halogenated alkanes) is 2. The molecule has 0 spiro atoms. The molecular weight excluding hydrogens is 727 g/mol. The van der Waals surface area contributed by atoms with Crippen molar-refractivity contribution < 1.29 is 49.0 Å². The predicted molar refractivity (Wildman–Crippen MR) is 206 cm³/mol. The van der Waals surface area contributed by atoms with Gasteiger partial charge in [0.1, 0.15) is 0 Å². The Morgan fingerprint density at radius 1 is 0.720 bits per heavy atom. The normalized spacial score (nSPS) is 12.0. The standard InChI is InChI=1S/C33H33.C9H18.C5H5.2ClH.Zr/c1-23(16-26-10-6-4-7-11-26)24(2)17-28-14-15-32-31(20-28)21-30-18-25(3)29(22-33(30)32)19-27-12-8-5-9-13-27;1-3-5-7-9-8-6-4-2;1-2-4-5-3-1;;;/h4-15,18,22-24H,16-17,19,21H2,1-3H3;3-8H2,1-2H3;1-5H;2*1H;/q-1;;-1;;;+2/p-2. The van der Waals surface area contributed by atoms with Crippen molar-refractivity contribution in [3.63, 3.8) is 0 Å². The minimum atomic E-state index is 0. The van der Waals surface area contributed by atoms with Crippen LogP contribution in [0.15, 0.2) is 115 Å². The zero-order valence-corrected chi connectivity index (χ0v) is 34.9. The molecular formula is C47H56Cl2Zr-2. The molecule has 1 aliphatic rings. The van der Waals surface area contributed by atoms with Crippen LogP contribution in [0.1, 0.15) is 105 Å². The van der Waals surface area contributed by atoms with Gasteiger partial charge in [-0.15, -0.1) is 11.1 Å². The van der Waals surface area contributed by atoms with E-state index >= 15 is 0 Å². The summed E-state index contributed by atoms with van der Waals surface area (Å²) in [4.78, 5) is 0. The van der Waals surface area contributed by atoms with Gasteiger partial charge in [-0.1, -0.05) is 92.2 Å². The van der Waals surface area contributed by atoms with E-state index in [4.69, 9.17) is 0 Å². The molecule has 264 valence electrons. The van der Waals surface area contributed by atoms with Gasteiger partial charge in [0.15, 0.2) is 0 Å². The van der Waals surface area contributed by atoms with E-state index in [9.17, 15) is 0 Å². The van der Waals surface area contributed by atoms with Gasteiger partial charge >= 0.3 is 79.8 Å². The molecule has 2 atom stereocenters. The fourth-order valence-electron chi connectivity index (χ4n) is 6.47. The van der Waals surface area contributed by atoms with Crippen molar-refractivity contribution in [2.75, 3.05) is 0 Å². The molecule has 0 amide bonds. The third-order valence-corrected chi connectivity index (χ3v) is 10.9. The van der Waals surface area contributed by atoms with E-state index in [2.05, 4.69) is 126 Å². The molecule has 5 aromatic carbocycles. The summed E-state index contributed by atoms with van der Waals surface area (Å²) in [5.74, 6) is 1.28. The van der Waals surface area contributed by atoms with Crippen molar-refractivity contribution in [2.24, 2.45) is 11.8 Å². The van der Waals surface area contributed by atoms with Gasteiger partial charge in [-0.25, -0.2) is 12.1 Å². The van der Waals surface area contributed by atoms with Crippen molar-refractivity contribution in [3.8, 4) is 11.1 Å². The number of halogens is 2. The first kappa shape index (κ1) is 43.7. The molecule has 0 nitrogen and oxygen atoms in total. The van der Waals surface area contributed by atoms with Crippen LogP contribution in [-0.4, -0.2) is 3.21 Å². The molecule has 0 saturated heterocycles. The molecule has 50 heavy (non-hydrogen) atoms.